The van der Waals surface area contributed by atoms with Crippen molar-refractivity contribution in [3.63, 3.8) is 0 Å². The lowest BCUT2D eigenvalue weighted by Gasteiger charge is -2.31. The summed E-state index contributed by atoms with van der Waals surface area (Å²) >= 11 is 0. The van der Waals surface area contributed by atoms with Crippen molar-refractivity contribution in [2.45, 2.75) is 37.6 Å². The fourth-order valence-electron chi connectivity index (χ4n) is 4.02. The minimum absolute atomic E-state index is 0.0565. The predicted molar refractivity (Wildman–Crippen MR) is 117 cm³/mol. The highest BCUT2D eigenvalue weighted by molar-refractivity contribution is 7.89. The number of amides is 1. The summed E-state index contributed by atoms with van der Waals surface area (Å²) in [4.78, 5) is 24.2. The van der Waals surface area contributed by atoms with Crippen LogP contribution in [0.2, 0.25) is 0 Å². The van der Waals surface area contributed by atoms with Gasteiger partial charge in [0.25, 0.3) is 0 Å². The molecule has 1 aliphatic rings. The van der Waals surface area contributed by atoms with Crippen LogP contribution in [0.15, 0.2) is 56.6 Å². The fraction of sp³-hybridized carbons (Fsp3) is 0.364. The number of nitrogens with one attached hydrogen (secondary N) is 1. The van der Waals surface area contributed by atoms with E-state index in [4.69, 9.17) is 4.42 Å². The van der Waals surface area contributed by atoms with E-state index in [1.165, 1.54) is 45.3 Å². The first-order valence-electron chi connectivity index (χ1n) is 10.5. The maximum Gasteiger partial charge on any atom is 0.419 e. The minimum atomic E-state index is -3.74. The summed E-state index contributed by atoms with van der Waals surface area (Å²) in [6, 6.07) is 10.0. The van der Waals surface area contributed by atoms with Gasteiger partial charge in [0.1, 0.15) is 5.82 Å². The van der Waals surface area contributed by atoms with Gasteiger partial charge in [-0.15, -0.1) is 0 Å². The number of hydrogen-bond acceptors (Lipinski definition) is 5. The topological polar surface area (TPSA) is 102 Å². The lowest BCUT2D eigenvalue weighted by molar-refractivity contribution is -0.117. The Kier molecular flexibility index (Phi) is 6.16. The molecule has 0 radical (unpaired) electrons. The van der Waals surface area contributed by atoms with Crippen molar-refractivity contribution < 1.29 is 22.0 Å². The van der Waals surface area contributed by atoms with Gasteiger partial charge in [0.15, 0.2) is 5.58 Å². The first-order valence-corrected chi connectivity index (χ1v) is 11.9. The maximum absolute atomic E-state index is 13.1. The number of aromatic nitrogens is 1. The second kappa shape index (κ2) is 8.87. The molecule has 0 aliphatic carbocycles. The number of nitrogens with zero attached hydrogens (tertiary/aromatic N) is 2. The van der Waals surface area contributed by atoms with Crippen molar-refractivity contribution >= 4 is 32.7 Å². The smallest absolute Gasteiger partial charge is 0.408 e. The molecule has 1 amide bonds. The highest BCUT2D eigenvalue weighted by atomic mass is 32.2. The molecule has 32 heavy (non-hydrogen) atoms. The van der Waals surface area contributed by atoms with Crippen LogP contribution in [0.5, 0.6) is 0 Å². The number of oxazole rings is 1. The van der Waals surface area contributed by atoms with Crippen LogP contribution in [-0.2, 0) is 21.4 Å². The number of carbonyl (C=O) groups excluding carboxylic acids is 1. The lowest BCUT2D eigenvalue weighted by Crippen LogP contribution is -2.39. The van der Waals surface area contributed by atoms with E-state index in [0.717, 1.165) is 0 Å². The predicted octanol–water partition coefficient (Wildman–Crippen LogP) is 3.18. The van der Waals surface area contributed by atoms with E-state index in [-0.39, 0.29) is 34.5 Å². The normalized spacial score (nSPS) is 15.8. The zero-order valence-corrected chi connectivity index (χ0v) is 18.4. The van der Waals surface area contributed by atoms with Crippen molar-refractivity contribution in [1.29, 1.82) is 0 Å². The minimum Gasteiger partial charge on any atom is -0.408 e. The quantitative estimate of drug-likeness (QED) is 0.608. The molecule has 1 aromatic heterocycles. The maximum atomic E-state index is 13.1. The van der Waals surface area contributed by atoms with Crippen LogP contribution in [0.1, 0.15) is 26.2 Å². The first kappa shape index (κ1) is 22.2. The number of benzene rings is 2. The number of rotatable bonds is 6. The van der Waals surface area contributed by atoms with Gasteiger partial charge in [0.2, 0.25) is 15.9 Å². The Bertz CT molecular complexity index is 1290. The van der Waals surface area contributed by atoms with Gasteiger partial charge in [-0.3, -0.25) is 9.36 Å². The third kappa shape index (κ3) is 4.46. The standard InChI is InChI=1S/C22H24FN3O5S/c1-2-26-19-8-7-18(14-20(19)31-22(26)28)32(29,30)25-11-9-15(10-12-25)13-21(27)24-17-5-3-16(23)4-6-17/h3-8,14-15H,2,9-13H2,1H3,(H,24,27). The Morgan fingerprint density at radius 2 is 1.84 bits per heavy atom. The molecule has 0 bridgehead atoms. The van der Waals surface area contributed by atoms with Gasteiger partial charge in [0, 0.05) is 37.8 Å². The molecule has 2 heterocycles. The Morgan fingerprint density at radius 1 is 1.16 bits per heavy atom. The van der Waals surface area contributed by atoms with Crippen LogP contribution < -0.4 is 11.1 Å². The summed E-state index contributed by atoms with van der Waals surface area (Å²) in [6.45, 7) is 2.84. The first-order chi connectivity index (χ1) is 15.3. The average molecular weight is 462 g/mol. The number of fused-ring (bicyclic) bond motifs is 1. The zero-order valence-electron chi connectivity index (χ0n) is 17.6. The number of carbonyl (C=O) groups is 1. The molecule has 10 heteroatoms. The highest BCUT2D eigenvalue weighted by Gasteiger charge is 2.30. The van der Waals surface area contributed by atoms with Crippen molar-refractivity contribution in [3.8, 4) is 0 Å². The molecule has 1 aliphatic heterocycles. The number of piperidine rings is 1. The Morgan fingerprint density at radius 3 is 2.50 bits per heavy atom. The fourth-order valence-corrected chi connectivity index (χ4v) is 5.50. The van der Waals surface area contributed by atoms with E-state index in [1.54, 1.807) is 6.07 Å². The Balaban J connectivity index is 1.38. The van der Waals surface area contributed by atoms with Crippen LogP contribution in [0.3, 0.4) is 0 Å². The monoisotopic (exact) mass is 461 g/mol. The molecule has 170 valence electrons. The van der Waals surface area contributed by atoms with E-state index < -0.39 is 15.8 Å². The second-order valence-corrected chi connectivity index (χ2v) is 9.79. The third-order valence-corrected chi connectivity index (χ3v) is 7.66. The van der Waals surface area contributed by atoms with E-state index in [9.17, 15) is 22.4 Å². The summed E-state index contributed by atoms with van der Waals surface area (Å²) < 4.78 is 47.2. The molecule has 0 atom stereocenters. The molecule has 0 spiro atoms. The van der Waals surface area contributed by atoms with Crippen molar-refractivity contribution in [1.82, 2.24) is 8.87 Å². The van der Waals surface area contributed by atoms with Crippen LogP contribution in [0, 0.1) is 11.7 Å². The molecule has 1 saturated heterocycles. The summed E-state index contributed by atoms with van der Waals surface area (Å²) in [5, 5.41) is 2.74. The van der Waals surface area contributed by atoms with Gasteiger partial charge in [-0.05, 0) is 62.1 Å². The van der Waals surface area contributed by atoms with Crippen LogP contribution in [0.25, 0.3) is 11.1 Å². The number of sulfonamides is 1. The highest BCUT2D eigenvalue weighted by Crippen LogP contribution is 2.27. The van der Waals surface area contributed by atoms with Crippen molar-refractivity contribution in [2.75, 3.05) is 18.4 Å². The third-order valence-electron chi connectivity index (χ3n) is 5.77. The average Bonchev–Trinajstić information content (AvgIpc) is 3.09. The zero-order chi connectivity index (χ0) is 22.9. The van der Waals surface area contributed by atoms with Crippen molar-refractivity contribution in [3.05, 3.63) is 58.8 Å². The number of anilines is 1. The molecule has 0 saturated carbocycles. The van der Waals surface area contributed by atoms with Crippen LogP contribution in [0.4, 0.5) is 10.1 Å². The van der Waals surface area contributed by atoms with Gasteiger partial charge in [-0.1, -0.05) is 0 Å². The number of halogens is 1. The summed E-state index contributed by atoms with van der Waals surface area (Å²) in [5.74, 6) is -1.02. The van der Waals surface area contributed by atoms with E-state index in [2.05, 4.69) is 5.32 Å². The van der Waals surface area contributed by atoms with Gasteiger partial charge < -0.3 is 9.73 Å². The second-order valence-electron chi connectivity index (χ2n) is 7.85. The molecule has 3 aromatic rings. The van der Waals surface area contributed by atoms with Gasteiger partial charge >= 0.3 is 5.76 Å². The molecule has 8 nitrogen and oxygen atoms in total. The summed E-state index contributed by atoms with van der Waals surface area (Å²) in [7, 11) is -3.74. The van der Waals surface area contributed by atoms with Gasteiger partial charge in [0.05, 0.1) is 10.4 Å². The number of aryl methyl sites for hydroxylation is 1. The summed E-state index contributed by atoms with van der Waals surface area (Å²) in [6.07, 6.45) is 1.38. The van der Waals surface area contributed by atoms with E-state index in [0.29, 0.717) is 43.7 Å². The van der Waals surface area contributed by atoms with Crippen LogP contribution >= 0.6 is 0 Å². The molecular formula is C22H24FN3O5S. The lowest BCUT2D eigenvalue weighted by atomic mass is 9.94. The molecule has 4 rings (SSSR count). The number of hydrogen-bond donors (Lipinski definition) is 1. The van der Waals surface area contributed by atoms with Gasteiger partial charge in [-0.2, -0.15) is 4.31 Å². The SMILES string of the molecule is CCn1c(=O)oc2cc(S(=O)(=O)N3CCC(CC(=O)Nc4ccc(F)cc4)CC3)ccc21. The molecule has 2 aromatic carbocycles. The molecule has 1 N–H and O–H groups in total. The molecule has 1 fully saturated rings. The molecule has 0 unspecified atom stereocenters. The molecular weight excluding hydrogens is 437 g/mol. The van der Waals surface area contributed by atoms with Gasteiger partial charge in [-0.25, -0.2) is 17.6 Å². The van der Waals surface area contributed by atoms with E-state index >= 15 is 0 Å². The largest absolute Gasteiger partial charge is 0.419 e. The van der Waals surface area contributed by atoms with E-state index in [1.807, 2.05) is 6.92 Å². The van der Waals surface area contributed by atoms with Crippen LogP contribution in [-0.4, -0.2) is 36.3 Å². The Labute approximate surface area is 184 Å². The Hall–Kier alpha value is -2.98. The summed E-state index contributed by atoms with van der Waals surface area (Å²) in [5.41, 5.74) is 1.32. The van der Waals surface area contributed by atoms with Crippen molar-refractivity contribution in [2.24, 2.45) is 5.92 Å².